The lowest BCUT2D eigenvalue weighted by Gasteiger charge is -2.21. The topological polar surface area (TPSA) is 80.5 Å². The number of benzene rings is 2. The number of carbonyl (C=O) groups is 1. The molecule has 2 aromatic rings. The molecule has 0 aliphatic heterocycles. The molecule has 0 saturated carbocycles. The van der Waals surface area contributed by atoms with Gasteiger partial charge in [0.2, 0.25) is 10.0 Å². The Morgan fingerprint density at radius 1 is 1.16 bits per heavy atom. The van der Waals surface area contributed by atoms with Gasteiger partial charge in [-0.1, -0.05) is 36.4 Å². The van der Waals surface area contributed by atoms with Crippen molar-refractivity contribution in [3.8, 4) is 0 Å². The molecule has 100 valence electrons. The number of urea groups is 1. The van der Waals surface area contributed by atoms with E-state index >= 15 is 0 Å². The summed E-state index contributed by atoms with van der Waals surface area (Å²) in [6, 6.07) is 11.3. The van der Waals surface area contributed by atoms with Crippen molar-refractivity contribution < 1.29 is 13.2 Å². The van der Waals surface area contributed by atoms with Crippen LogP contribution in [0.5, 0.6) is 0 Å². The van der Waals surface area contributed by atoms with E-state index in [9.17, 15) is 13.2 Å². The van der Waals surface area contributed by atoms with Crippen molar-refractivity contribution in [2.45, 2.75) is 6.92 Å². The highest BCUT2D eigenvalue weighted by atomic mass is 32.2. The molecule has 0 atom stereocenters. The van der Waals surface area contributed by atoms with E-state index in [0.29, 0.717) is 9.69 Å². The molecule has 0 saturated heterocycles. The largest absolute Gasteiger partial charge is 0.350 e. The molecule has 5 nitrogen and oxygen atoms in total. The lowest BCUT2D eigenvalue weighted by molar-refractivity contribution is 0.257. The minimum Gasteiger partial charge on any atom is -0.350 e. The van der Waals surface area contributed by atoms with Gasteiger partial charge in [0, 0.05) is 5.39 Å². The third-order valence-electron chi connectivity index (χ3n) is 2.83. The number of anilines is 1. The first-order chi connectivity index (χ1) is 8.97. The summed E-state index contributed by atoms with van der Waals surface area (Å²) in [5.41, 5.74) is 5.51. The number of amides is 2. The highest BCUT2D eigenvalue weighted by Gasteiger charge is 2.26. The smallest absolute Gasteiger partial charge is 0.333 e. The fraction of sp³-hybridized carbons (Fsp3) is 0.154. The molecular formula is C13H14N2O3S. The predicted molar refractivity (Wildman–Crippen MR) is 75.5 cm³/mol. The van der Waals surface area contributed by atoms with Crippen LogP contribution in [0.4, 0.5) is 10.5 Å². The molecule has 0 aromatic heterocycles. The standard InChI is InChI=1S/C13H14N2O3S/c1-2-19(17,18)15(13(14)16)12-9-5-7-10-6-3-4-8-11(10)12/h3-9H,2H2,1H3,(H2,14,16). The normalized spacial score (nSPS) is 11.4. The second kappa shape index (κ2) is 4.89. The quantitative estimate of drug-likeness (QED) is 0.933. The van der Waals surface area contributed by atoms with E-state index in [1.54, 1.807) is 24.3 Å². The number of rotatable bonds is 3. The lowest BCUT2D eigenvalue weighted by Crippen LogP contribution is -2.41. The summed E-state index contributed by atoms with van der Waals surface area (Å²) in [5, 5.41) is 1.51. The molecule has 2 N–H and O–H groups in total. The second-order valence-electron chi connectivity index (χ2n) is 4.00. The highest BCUT2D eigenvalue weighted by Crippen LogP contribution is 2.28. The summed E-state index contributed by atoms with van der Waals surface area (Å²) in [4.78, 5) is 11.5. The van der Waals surface area contributed by atoms with Crippen LogP contribution >= 0.6 is 0 Å². The monoisotopic (exact) mass is 278 g/mol. The first-order valence-corrected chi connectivity index (χ1v) is 7.38. The Labute approximate surface area is 111 Å². The number of hydrogen-bond donors (Lipinski definition) is 1. The minimum absolute atomic E-state index is 0.195. The summed E-state index contributed by atoms with van der Waals surface area (Å²) in [6.07, 6.45) is 0. The summed E-state index contributed by atoms with van der Waals surface area (Å²) in [5.74, 6) is -0.195. The Kier molecular flexibility index (Phi) is 3.44. The van der Waals surface area contributed by atoms with Crippen molar-refractivity contribution in [1.82, 2.24) is 0 Å². The van der Waals surface area contributed by atoms with Crippen LogP contribution in [0.1, 0.15) is 6.92 Å². The molecule has 2 amide bonds. The Balaban J connectivity index is 2.74. The first-order valence-electron chi connectivity index (χ1n) is 5.77. The van der Waals surface area contributed by atoms with Crippen molar-refractivity contribution in [2.24, 2.45) is 5.73 Å². The van der Waals surface area contributed by atoms with Crippen molar-refractivity contribution in [3.63, 3.8) is 0 Å². The SMILES string of the molecule is CCS(=O)(=O)N(C(N)=O)c1cccc2ccccc12. The van der Waals surface area contributed by atoms with Gasteiger partial charge < -0.3 is 5.73 Å². The van der Waals surface area contributed by atoms with E-state index in [4.69, 9.17) is 5.73 Å². The van der Waals surface area contributed by atoms with Crippen LogP contribution in [0.3, 0.4) is 0 Å². The third-order valence-corrected chi connectivity index (χ3v) is 4.49. The molecule has 0 aliphatic carbocycles. The van der Waals surface area contributed by atoms with Crippen molar-refractivity contribution in [2.75, 3.05) is 10.1 Å². The number of nitrogens with two attached hydrogens (primary N) is 1. The number of primary amides is 1. The molecule has 6 heteroatoms. The van der Waals surface area contributed by atoms with Gasteiger partial charge in [0.25, 0.3) is 0 Å². The molecule has 0 heterocycles. The molecule has 0 aliphatic rings. The molecule has 0 bridgehead atoms. The number of hydrogen-bond acceptors (Lipinski definition) is 3. The summed E-state index contributed by atoms with van der Waals surface area (Å²) >= 11 is 0. The van der Waals surface area contributed by atoms with Crippen LogP contribution in [-0.2, 0) is 10.0 Å². The van der Waals surface area contributed by atoms with Crippen LogP contribution in [0.25, 0.3) is 10.8 Å². The summed E-state index contributed by atoms with van der Waals surface area (Å²) < 4.78 is 24.7. The van der Waals surface area contributed by atoms with Gasteiger partial charge in [0.05, 0.1) is 11.4 Å². The van der Waals surface area contributed by atoms with Crippen molar-refractivity contribution >= 4 is 32.5 Å². The zero-order chi connectivity index (χ0) is 14.0. The molecule has 2 rings (SSSR count). The van der Waals surface area contributed by atoms with Crippen LogP contribution in [0.2, 0.25) is 0 Å². The number of nitrogens with zero attached hydrogens (tertiary/aromatic N) is 1. The summed E-state index contributed by atoms with van der Waals surface area (Å²) in [7, 11) is -3.75. The number of fused-ring (bicyclic) bond motifs is 1. The van der Waals surface area contributed by atoms with Gasteiger partial charge in [0.1, 0.15) is 0 Å². The molecule has 0 spiro atoms. The van der Waals surface area contributed by atoms with E-state index < -0.39 is 16.1 Å². The van der Waals surface area contributed by atoms with Gasteiger partial charge in [-0.15, -0.1) is 0 Å². The van der Waals surface area contributed by atoms with E-state index in [-0.39, 0.29) is 11.4 Å². The van der Waals surface area contributed by atoms with Gasteiger partial charge in [0.15, 0.2) is 0 Å². The first kappa shape index (κ1) is 13.4. The molecule has 2 aromatic carbocycles. The fourth-order valence-corrected chi connectivity index (χ4v) is 2.91. The van der Waals surface area contributed by atoms with E-state index in [0.717, 1.165) is 5.39 Å². The molecule has 0 radical (unpaired) electrons. The van der Waals surface area contributed by atoms with Crippen molar-refractivity contribution in [1.29, 1.82) is 0 Å². The second-order valence-corrected chi connectivity index (χ2v) is 6.11. The zero-order valence-electron chi connectivity index (χ0n) is 10.4. The average molecular weight is 278 g/mol. The maximum atomic E-state index is 12.0. The van der Waals surface area contributed by atoms with Gasteiger partial charge >= 0.3 is 6.03 Å². The maximum absolute atomic E-state index is 12.0. The van der Waals surface area contributed by atoms with Crippen LogP contribution in [-0.4, -0.2) is 20.2 Å². The van der Waals surface area contributed by atoms with Gasteiger partial charge in [-0.25, -0.2) is 13.2 Å². The Morgan fingerprint density at radius 2 is 1.79 bits per heavy atom. The van der Waals surface area contributed by atoms with E-state index in [1.165, 1.54) is 6.92 Å². The maximum Gasteiger partial charge on any atom is 0.333 e. The number of carbonyl (C=O) groups excluding carboxylic acids is 1. The minimum atomic E-state index is -3.75. The van der Waals surface area contributed by atoms with Crippen molar-refractivity contribution in [3.05, 3.63) is 42.5 Å². The molecule has 0 unspecified atom stereocenters. The van der Waals surface area contributed by atoms with Gasteiger partial charge in [-0.3, -0.25) is 0 Å². The van der Waals surface area contributed by atoms with Gasteiger partial charge in [-0.05, 0) is 18.4 Å². The Morgan fingerprint density at radius 3 is 2.42 bits per heavy atom. The van der Waals surface area contributed by atoms with E-state index in [1.807, 2.05) is 18.2 Å². The van der Waals surface area contributed by atoms with E-state index in [2.05, 4.69) is 0 Å². The molecule has 19 heavy (non-hydrogen) atoms. The van der Waals surface area contributed by atoms with Gasteiger partial charge in [-0.2, -0.15) is 4.31 Å². The zero-order valence-corrected chi connectivity index (χ0v) is 11.2. The van der Waals surface area contributed by atoms with Crippen LogP contribution < -0.4 is 10.0 Å². The Hall–Kier alpha value is -2.08. The van der Waals surface area contributed by atoms with Crippen LogP contribution in [0, 0.1) is 0 Å². The fourth-order valence-electron chi connectivity index (χ4n) is 1.92. The average Bonchev–Trinajstić information content (AvgIpc) is 2.38. The summed E-state index contributed by atoms with van der Waals surface area (Å²) in [6.45, 7) is 1.47. The third kappa shape index (κ3) is 2.39. The predicted octanol–water partition coefficient (Wildman–Crippen LogP) is 2.07. The van der Waals surface area contributed by atoms with Crippen LogP contribution in [0.15, 0.2) is 42.5 Å². The number of sulfonamides is 1. The molecule has 0 fully saturated rings. The molecular weight excluding hydrogens is 264 g/mol. The highest BCUT2D eigenvalue weighted by molar-refractivity contribution is 7.93. The lowest BCUT2D eigenvalue weighted by atomic mass is 10.1. The Bertz CT molecular complexity index is 720.